The molecule has 2 aromatic carbocycles. The number of aliphatic imine (C=N–C) groups is 1. The molecule has 6 heteroatoms. The Bertz CT molecular complexity index is 707. The average Bonchev–Trinajstić information content (AvgIpc) is 2.52. The lowest BCUT2D eigenvalue weighted by Crippen LogP contribution is -2.09. The number of hydrogen-bond acceptors (Lipinski definition) is 4. The Morgan fingerprint density at radius 1 is 1.09 bits per heavy atom. The van der Waals surface area contributed by atoms with Crippen LogP contribution >= 0.6 is 0 Å². The zero-order valence-electron chi connectivity index (χ0n) is 11.5. The minimum absolute atomic E-state index is 0.173. The van der Waals surface area contributed by atoms with Crippen molar-refractivity contribution in [1.82, 2.24) is 0 Å². The van der Waals surface area contributed by atoms with E-state index in [0.29, 0.717) is 11.4 Å². The molecule has 0 heterocycles. The van der Waals surface area contributed by atoms with E-state index in [1.807, 2.05) is 0 Å². The molecular weight excluding hydrogens is 286 g/mol. The minimum Gasteiger partial charge on any atom is -0.482 e. The van der Waals surface area contributed by atoms with Crippen molar-refractivity contribution in [3.63, 3.8) is 0 Å². The predicted molar refractivity (Wildman–Crippen MR) is 80.2 cm³/mol. The Hall–Kier alpha value is -3.15. The summed E-state index contributed by atoms with van der Waals surface area (Å²) >= 11 is 0. The van der Waals surface area contributed by atoms with Crippen molar-refractivity contribution in [2.45, 2.75) is 0 Å². The zero-order chi connectivity index (χ0) is 15.9. The van der Waals surface area contributed by atoms with Crippen molar-refractivity contribution in [2.75, 3.05) is 6.61 Å². The van der Waals surface area contributed by atoms with Crippen LogP contribution in [0.3, 0.4) is 0 Å². The third-order valence-electron chi connectivity index (χ3n) is 2.70. The van der Waals surface area contributed by atoms with Crippen LogP contribution in [0.15, 0.2) is 53.5 Å². The highest BCUT2D eigenvalue weighted by Gasteiger charge is 2.02. The summed E-state index contributed by atoms with van der Waals surface area (Å²) in [5.41, 5.74) is 1.49. The van der Waals surface area contributed by atoms with E-state index in [1.54, 1.807) is 42.6 Å². The summed E-state index contributed by atoms with van der Waals surface area (Å²) in [7, 11) is 0. The van der Waals surface area contributed by atoms with Crippen LogP contribution in [-0.2, 0) is 4.79 Å². The van der Waals surface area contributed by atoms with Gasteiger partial charge < -0.3 is 14.9 Å². The van der Waals surface area contributed by atoms with Crippen molar-refractivity contribution in [3.05, 3.63) is 59.7 Å². The van der Waals surface area contributed by atoms with Crippen LogP contribution in [0.5, 0.6) is 5.75 Å². The fourth-order valence-corrected chi connectivity index (χ4v) is 1.66. The number of carboxylic acid groups (broad SMARTS) is 2. The van der Waals surface area contributed by atoms with E-state index in [4.69, 9.17) is 14.9 Å². The van der Waals surface area contributed by atoms with Crippen molar-refractivity contribution in [1.29, 1.82) is 0 Å². The highest BCUT2D eigenvalue weighted by atomic mass is 16.5. The third kappa shape index (κ3) is 4.45. The number of rotatable bonds is 6. The predicted octanol–water partition coefficient (Wildman–Crippen LogP) is 2.60. The van der Waals surface area contributed by atoms with Crippen LogP contribution in [0.1, 0.15) is 15.9 Å². The van der Waals surface area contributed by atoms with Gasteiger partial charge in [-0.15, -0.1) is 0 Å². The van der Waals surface area contributed by atoms with Gasteiger partial charge in [-0.3, -0.25) is 4.99 Å². The molecule has 0 atom stereocenters. The minimum atomic E-state index is -1.04. The van der Waals surface area contributed by atoms with Gasteiger partial charge >= 0.3 is 11.9 Å². The van der Waals surface area contributed by atoms with Crippen molar-refractivity contribution in [3.8, 4) is 5.75 Å². The number of benzene rings is 2. The first-order valence-corrected chi connectivity index (χ1v) is 6.37. The fourth-order valence-electron chi connectivity index (χ4n) is 1.66. The average molecular weight is 299 g/mol. The van der Waals surface area contributed by atoms with Gasteiger partial charge in [0.2, 0.25) is 0 Å². The number of carbonyl (C=O) groups is 2. The number of ether oxygens (including phenoxy) is 1. The summed E-state index contributed by atoms with van der Waals surface area (Å²) in [6.07, 6.45) is 1.59. The molecule has 0 amide bonds. The maximum absolute atomic E-state index is 10.9. The number of carboxylic acids is 2. The summed E-state index contributed by atoms with van der Waals surface area (Å²) in [6, 6.07) is 13.0. The molecule has 0 unspecified atom stereocenters. The second kappa shape index (κ2) is 7.03. The first kappa shape index (κ1) is 15.2. The van der Waals surface area contributed by atoms with Gasteiger partial charge in [-0.05, 0) is 48.0 Å². The SMILES string of the molecule is O=C(O)COc1ccc(C=Nc2cccc(C(=O)O)c2)cc1. The summed E-state index contributed by atoms with van der Waals surface area (Å²) in [5.74, 6) is -1.59. The second-order valence-electron chi connectivity index (χ2n) is 4.37. The molecule has 0 fully saturated rings. The smallest absolute Gasteiger partial charge is 0.341 e. The molecule has 0 radical (unpaired) electrons. The van der Waals surface area contributed by atoms with E-state index in [1.165, 1.54) is 12.1 Å². The molecule has 112 valence electrons. The summed E-state index contributed by atoms with van der Waals surface area (Å²) in [4.78, 5) is 25.5. The van der Waals surface area contributed by atoms with Crippen LogP contribution < -0.4 is 4.74 Å². The monoisotopic (exact) mass is 299 g/mol. The molecule has 0 saturated heterocycles. The van der Waals surface area contributed by atoms with E-state index in [-0.39, 0.29) is 5.56 Å². The standard InChI is InChI=1S/C16H13NO5/c18-15(19)10-22-14-6-4-11(5-7-14)9-17-13-3-1-2-12(8-13)16(20)21/h1-9H,10H2,(H,18,19)(H,20,21). The van der Waals surface area contributed by atoms with Crippen LogP contribution in [0.25, 0.3) is 0 Å². The third-order valence-corrected chi connectivity index (χ3v) is 2.70. The molecule has 0 bridgehead atoms. The van der Waals surface area contributed by atoms with Crippen LogP contribution in [0.2, 0.25) is 0 Å². The first-order valence-electron chi connectivity index (χ1n) is 6.37. The van der Waals surface area contributed by atoms with E-state index < -0.39 is 18.5 Å². The highest BCUT2D eigenvalue weighted by Crippen LogP contribution is 2.15. The second-order valence-corrected chi connectivity index (χ2v) is 4.37. The molecular formula is C16H13NO5. The van der Waals surface area contributed by atoms with Gasteiger partial charge in [-0.2, -0.15) is 0 Å². The summed E-state index contributed by atoms with van der Waals surface area (Å²) in [5, 5.41) is 17.4. The van der Waals surface area contributed by atoms with Crippen LogP contribution in [-0.4, -0.2) is 35.0 Å². The molecule has 6 nitrogen and oxygen atoms in total. The highest BCUT2D eigenvalue weighted by molar-refractivity contribution is 5.89. The van der Waals surface area contributed by atoms with Gasteiger partial charge in [-0.25, -0.2) is 9.59 Å². The van der Waals surface area contributed by atoms with Gasteiger partial charge in [0.1, 0.15) is 5.75 Å². The van der Waals surface area contributed by atoms with Crippen molar-refractivity contribution in [2.24, 2.45) is 4.99 Å². The van der Waals surface area contributed by atoms with Crippen molar-refractivity contribution < 1.29 is 24.5 Å². The van der Waals surface area contributed by atoms with Crippen LogP contribution in [0.4, 0.5) is 5.69 Å². The molecule has 0 aliphatic heterocycles. The largest absolute Gasteiger partial charge is 0.482 e. The van der Waals surface area contributed by atoms with E-state index in [0.717, 1.165) is 5.56 Å². The van der Waals surface area contributed by atoms with Gasteiger partial charge in [0.25, 0.3) is 0 Å². The molecule has 0 aliphatic carbocycles. The lowest BCUT2D eigenvalue weighted by Gasteiger charge is -2.02. The van der Waals surface area contributed by atoms with Gasteiger partial charge in [0.05, 0.1) is 11.3 Å². The molecule has 2 N–H and O–H groups in total. The normalized spacial score (nSPS) is 10.5. The Morgan fingerprint density at radius 3 is 2.45 bits per heavy atom. The van der Waals surface area contributed by atoms with E-state index in [2.05, 4.69) is 4.99 Å². The van der Waals surface area contributed by atoms with Gasteiger partial charge in [-0.1, -0.05) is 6.07 Å². The molecule has 0 aliphatic rings. The Balaban J connectivity index is 2.05. The molecule has 22 heavy (non-hydrogen) atoms. The Morgan fingerprint density at radius 2 is 1.82 bits per heavy atom. The number of hydrogen-bond donors (Lipinski definition) is 2. The molecule has 0 spiro atoms. The van der Waals surface area contributed by atoms with Gasteiger partial charge in [0, 0.05) is 6.21 Å². The molecule has 0 saturated carbocycles. The number of nitrogens with zero attached hydrogens (tertiary/aromatic N) is 1. The van der Waals surface area contributed by atoms with Crippen molar-refractivity contribution >= 4 is 23.8 Å². The van der Waals surface area contributed by atoms with E-state index in [9.17, 15) is 9.59 Å². The maximum Gasteiger partial charge on any atom is 0.341 e. The lowest BCUT2D eigenvalue weighted by molar-refractivity contribution is -0.139. The molecule has 2 aromatic rings. The lowest BCUT2D eigenvalue weighted by atomic mass is 10.2. The number of aliphatic carboxylic acids is 1. The zero-order valence-corrected chi connectivity index (χ0v) is 11.5. The van der Waals surface area contributed by atoms with Crippen LogP contribution in [0, 0.1) is 0 Å². The van der Waals surface area contributed by atoms with E-state index >= 15 is 0 Å². The summed E-state index contributed by atoms with van der Waals surface area (Å²) < 4.78 is 5.02. The number of aromatic carboxylic acids is 1. The maximum atomic E-state index is 10.9. The topological polar surface area (TPSA) is 96.2 Å². The summed E-state index contributed by atoms with van der Waals surface area (Å²) in [6.45, 7) is -0.393. The Labute approximate surface area is 126 Å². The molecule has 0 aromatic heterocycles. The fraction of sp³-hybridized carbons (Fsp3) is 0.0625. The van der Waals surface area contributed by atoms with Gasteiger partial charge in [0.15, 0.2) is 6.61 Å². The Kier molecular flexibility index (Phi) is 4.87. The molecule has 2 rings (SSSR count). The first-order chi connectivity index (χ1) is 10.5. The quantitative estimate of drug-likeness (QED) is 0.799.